The molecule has 0 aliphatic heterocycles. The lowest BCUT2D eigenvalue weighted by atomic mass is 9.46. The van der Waals surface area contributed by atoms with Crippen molar-refractivity contribution in [2.45, 2.75) is 232 Å². The Balaban J connectivity index is 1.19. The summed E-state index contributed by atoms with van der Waals surface area (Å²) in [5.41, 5.74) is -0.230. The molecular formula is C46H84O5Si. The molecule has 0 saturated heterocycles. The third kappa shape index (κ3) is 9.81. The topological polar surface area (TPSA) is 76.0 Å². The molecule has 0 amide bonds. The maximum Gasteiger partial charge on any atom is 0.311 e. The number of hydrogen-bond acceptors (Lipinski definition) is 5. The number of fused-ring (bicyclic) bond motifs is 5. The molecule has 9 atom stereocenters. The first-order chi connectivity index (χ1) is 24.5. The van der Waals surface area contributed by atoms with Crippen molar-refractivity contribution < 1.29 is 24.2 Å². The number of carbonyl (C=O) groups excluding carboxylic acids is 1. The van der Waals surface area contributed by atoms with E-state index in [1.54, 1.807) is 5.57 Å². The number of allylic oxidation sites excluding steroid dienone is 1. The molecule has 0 spiro atoms. The Bertz CT molecular complexity index is 1140. The molecule has 0 unspecified atom stereocenters. The first-order valence-corrected chi connectivity index (χ1v) is 25.4. The van der Waals surface area contributed by atoms with Gasteiger partial charge in [0.1, 0.15) is 5.60 Å². The highest BCUT2D eigenvalue weighted by atomic mass is 28.4. The van der Waals surface area contributed by atoms with Crippen molar-refractivity contribution in [1.82, 2.24) is 0 Å². The average molecular weight is 745 g/mol. The van der Waals surface area contributed by atoms with Crippen LogP contribution in [0.25, 0.3) is 0 Å². The Morgan fingerprint density at radius 2 is 1.40 bits per heavy atom. The van der Waals surface area contributed by atoms with Crippen molar-refractivity contribution >= 4 is 14.3 Å². The van der Waals surface area contributed by atoms with Crippen LogP contribution in [-0.2, 0) is 14.0 Å². The lowest BCUT2D eigenvalue weighted by molar-refractivity contribution is -0.197. The minimum atomic E-state index is -1.83. The van der Waals surface area contributed by atoms with Gasteiger partial charge in [-0.05, 0) is 99.6 Å². The van der Waals surface area contributed by atoms with E-state index < -0.39 is 31.4 Å². The molecule has 0 radical (unpaired) electrons. The number of hydrogen-bond donors (Lipinski definition) is 2. The van der Waals surface area contributed by atoms with Gasteiger partial charge < -0.3 is 19.4 Å². The maximum atomic E-state index is 13.5. The summed E-state index contributed by atoms with van der Waals surface area (Å²) in [5, 5.41) is 24.2. The predicted molar refractivity (Wildman–Crippen MR) is 220 cm³/mol. The highest BCUT2D eigenvalue weighted by Gasteiger charge is 2.69. The molecule has 52 heavy (non-hydrogen) atoms. The van der Waals surface area contributed by atoms with E-state index in [-0.39, 0.29) is 22.3 Å². The van der Waals surface area contributed by atoms with E-state index in [0.717, 1.165) is 51.4 Å². The van der Waals surface area contributed by atoms with Crippen LogP contribution in [0.5, 0.6) is 0 Å². The van der Waals surface area contributed by atoms with Crippen molar-refractivity contribution in [3.05, 3.63) is 11.6 Å². The predicted octanol–water partition coefficient (Wildman–Crippen LogP) is 12.5. The molecule has 2 N–H and O–H groups in total. The monoisotopic (exact) mass is 745 g/mol. The largest absolute Gasteiger partial charge is 0.465 e. The van der Waals surface area contributed by atoms with Gasteiger partial charge in [-0.1, -0.05) is 150 Å². The van der Waals surface area contributed by atoms with Gasteiger partial charge in [0.2, 0.25) is 0 Å². The lowest BCUT2D eigenvalue weighted by Crippen LogP contribution is -2.61. The van der Waals surface area contributed by atoms with Crippen LogP contribution >= 0.6 is 0 Å². The zero-order chi connectivity index (χ0) is 38.2. The van der Waals surface area contributed by atoms with Crippen LogP contribution in [0, 0.1) is 34.5 Å². The normalized spacial score (nSPS) is 33.9. The fraction of sp³-hybridized carbons (Fsp3) is 0.935. The van der Waals surface area contributed by atoms with Crippen molar-refractivity contribution in [1.29, 1.82) is 0 Å². The van der Waals surface area contributed by atoms with Crippen LogP contribution in [0.3, 0.4) is 0 Å². The van der Waals surface area contributed by atoms with E-state index in [4.69, 9.17) is 9.16 Å². The molecule has 4 aliphatic carbocycles. The Morgan fingerprint density at radius 1 is 0.865 bits per heavy atom. The van der Waals surface area contributed by atoms with E-state index in [2.05, 4.69) is 60.7 Å². The van der Waals surface area contributed by atoms with Crippen molar-refractivity contribution in [2.24, 2.45) is 34.5 Å². The first kappa shape index (κ1) is 44.0. The summed E-state index contributed by atoms with van der Waals surface area (Å²) >= 11 is 0. The second kappa shape index (κ2) is 19.0. The first-order valence-electron chi connectivity index (χ1n) is 22.5. The molecule has 5 nitrogen and oxygen atoms in total. The van der Waals surface area contributed by atoms with E-state index in [9.17, 15) is 15.0 Å². The number of rotatable bonds is 21. The Morgan fingerprint density at radius 3 is 1.94 bits per heavy atom. The molecule has 0 heterocycles. The molecule has 302 valence electrons. The lowest BCUT2D eigenvalue weighted by Gasteiger charge is -2.59. The summed E-state index contributed by atoms with van der Waals surface area (Å²) < 4.78 is 12.7. The SMILES string of the molecule is CCCCCCCCCCCCCCCCCCOC(=O)[C@@H](C)[C@@]1(O)[C@@H](O)C[C@H]2[C@@H]3CC=C4C[C@@H](O[Si](C)(C)C(C)(C)C)CC[C@]4(C)[C@H]3CC[C@@]21C. The second-order valence-corrected chi connectivity index (χ2v) is 25.0. The van der Waals surface area contributed by atoms with Crippen molar-refractivity contribution in [3.8, 4) is 0 Å². The summed E-state index contributed by atoms with van der Waals surface area (Å²) in [6.45, 7) is 20.9. The smallest absolute Gasteiger partial charge is 0.311 e. The van der Waals surface area contributed by atoms with Gasteiger partial charge in [0.05, 0.1) is 18.6 Å². The summed E-state index contributed by atoms with van der Waals surface area (Å²) in [5.74, 6) is 0.0683. The molecule has 4 rings (SSSR count). The highest BCUT2D eigenvalue weighted by Crippen LogP contribution is 2.68. The Hall–Kier alpha value is -0.693. The fourth-order valence-corrected chi connectivity index (χ4v) is 12.7. The highest BCUT2D eigenvalue weighted by molar-refractivity contribution is 6.74. The van der Waals surface area contributed by atoms with Gasteiger partial charge in [-0.15, -0.1) is 0 Å². The standard InChI is InChI=1S/C46H84O5Si/c1-10-11-12-13-14-15-16-17-18-19-20-21-22-23-24-25-32-50-42(48)35(2)46(49)41(47)34-40-38-27-26-36-33-37(51-52(8,9)43(3,4)5)28-30-44(36,6)39(38)29-31-45(40,46)7/h26,35,37-41,47,49H,10-25,27-34H2,1-9H3/t35-,37+,38-,39+,40+,41+,44+,45+,46-/m1/s1. The van der Waals surface area contributed by atoms with Gasteiger partial charge in [-0.3, -0.25) is 4.79 Å². The molecule has 0 bridgehead atoms. The maximum absolute atomic E-state index is 13.5. The van der Waals surface area contributed by atoms with Crippen LogP contribution in [0.1, 0.15) is 196 Å². The molecule has 6 heteroatoms. The van der Waals surface area contributed by atoms with E-state index in [0.29, 0.717) is 31.0 Å². The average Bonchev–Trinajstić information content (AvgIpc) is 3.30. The molecule has 3 saturated carbocycles. The van der Waals surface area contributed by atoms with Crippen LogP contribution in [-0.4, -0.2) is 48.9 Å². The van der Waals surface area contributed by atoms with Crippen LogP contribution in [0.2, 0.25) is 18.1 Å². The van der Waals surface area contributed by atoms with Crippen LogP contribution in [0.15, 0.2) is 11.6 Å². The number of esters is 1. The fourth-order valence-electron chi connectivity index (χ4n) is 11.3. The zero-order valence-electron chi connectivity index (χ0n) is 35.6. The minimum absolute atomic E-state index is 0.153. The third-order valence-corrected chi connectivity index (χ3v) is 20.4. The Labute approximate surface area is 322 Å². The summed E-state index contributed by atoms with van der Waals surface area (Å²) in [6, 6.07) is 0. The summed E-state index contributed by atoms with van der Waals surface area (Å²) in [7, 11) is -1.83. The number of aliphatic hydroxyl groups is 2. The molecule has 0 aromatic carbocycles. The molecule has 4 aliphatic rings. The quantitative estimate of drug-likeness (QED) is 0.0530. The van der Waals surface area contributed by atoms with Gasteiger partial charge in [0, 0.05) is 11.5 Å². The van der Waals surface area contributed by atoms with Crippen molar-refractivity contribution in [3.63, 3.8) is 0 Å². The number of unbranched alkanes of at least 4 members (excludes halogenated alkanes) is 15. The molecular weight excluding hydrogens is 661 g/mol. The minimum Gasteiger partial charge on any atom is -0.465 e. The second-order valence-electron chi connectivity index (χ2n) is 20.2. The van der Waals surface area contributed by atoms with Gasteiger partial charge in [-0.2, -0.15) is 0 Å². The summed E-state index contributed by atoms with van der Waals surface area (Å²) in [4.78, 5) is 13.5. The van der Waals surface area contributed by atoms with Gasteiger partial charge in [-0.25, -0.2) is 0 Å². The summed E-state index contributed by atoms with van der Waals surface area (Å²) in [6.07, 6.45) is 29.7. The zero-order valence-corrected chi connectivity index (χ0v) is 36.6. The van der Waals surface area contributed by atoms with Gasteiger partial charge in [0.25, 0.3) is 0 Å². The van der Waals surface area contributed by atoms with Gasteiger partial charge in [0.15, 0.2) is 8.32 Å². The van der Waals surface area contributed by atoms with Crippen LogP contribution < -0.4 is 0 Å². The number of ether oxygens (including phenoxy) is 1. The number of aliphatic hydroxyl groups excluding tert-OH is 1. The van der Waals surface area contributed by atoms with E-state index in [1.165, 1.54) is 89.9 Å². The Kier molecular flexibility index (Phi) is 16.1. The molecule has 0 aromatic rings. The van der Waals surface area contributed by atoms with Crippen molar-refractivity contribution in [2.75, 3.05) is 6.61 Å². The van der Waals surface area contributed by atoms with E-state index in [1.807, 2.05) is 6.92 Å². The van der Waals surface area contributed by atoms with Gasteiger partial charge >= 0.3 is 5.97 Å². The molecule has 3 fully saturated rings. The van der Waals surface area contributed by atoms with E-state index >= 15 is 0 Å². The molecule has 0 aromatic heterocycles. The third-order valence-electron chi connectivity index (χ3n) is 15.9. The van der Waals surface area contributed by atoms with Crippen LogP contribution in [0.4, 0.5) is 0 Å². The number of carbonyl (C=O) groups is 1.